The molecule has 1 saturated heterocycles. The zero-order valence-corrected chi connectivity index (χ0v) is 16.0. The lowest BCUT2D eigenvalue weighted by molar-refractivity contribution is -0.132. The Morgan fingerprint density at radius 1 is 1.19 bits per heavy atom. The summed E-state index contributed by atoms with van der Waals surface area (Å²) in [5.41, 5.74) is -0.900. The Kier molecular flexibility index (Phi) is 5.60. The van der Waals surface area contributed by atoms with Gasteiger partial charge in [0.2, 0.25) is 0 Å². The summed E-state index contributed by atoms with van der Waals surface area (Å²) >= 11 is 12.1. The molecule has 0 saturated carbocycles. The second kappa shape index (κ2) is 7.76. The average molecular weight is 409 g/mol. The third-order valence-corrected chi connectivity index (χ3v) is 4.87. The highest BCUT2D eigenvalue weighted by atomic mass is 35.5. The number of β-amino-alcohol motifs (C(OH)–C–C–N with tert-alkyl or cyclic N) is 1. The highest BCUT2D eigenvalue weighted by Crippen LogP contribution is 2.35. The van der Waals surface area contributed by atoms with Crippen LogP contribution in [0.3, 0.4) is 0 Å². The third-order valence-electron chi connectivity index (χ3n) is 4.32. The minimum atomic E-state index is -1.33. The number of aliphatic hydroxyl groups excluding tert-OH is 1. The molecule has 8 heteroatoms. The molecule has 0 aliphatic carbocycles. The third kappa shape index (κ3) is 4.03. The number of urea groups is 1. The maximum absolute atomic E-state index is 12.9. The van der Waals surface area contributed by atoms with Gasteiger partial charge in [-0.1, -0.05) is 47.5 Å². The van der Waals surface area contributed by atoms with Gasteiger partial charge in [0.1, 0.15) is 24.0 Å². The number of nitrogens with one attached hydrogen (secondary N) is 1. The van der Waals surface area contributed by atoms with E-state index in [1.54, 1.807) is 43.3 Å². The number of benzene rings is 2. The molecule has 0 spiro atoms. The minimum absolute atomic E-state index is 0.0561. The van der Waals surface area contributed by atoms with E-state index in [1.165, 1.54) is 6.07 Å². The SMILES string of the molecule is C[C@]1(c2ccc(Cl)cc2Cl)NC(=O)N(C[C@@H](O)COc2ccccc2)C1=O. The summed E-state index contributed by atoms with van der Waals surface area (Å²) in [5.74, 6) is 0.0852. The van der Waals surface area contributed by atoms with Gasteiger partial charge in [-0.2, -0.15) is 0 Å². The molecular formula is C19H18Cl2N2O4. The molecule has 2 aromatic carbocycles. The van der Waals surface area contributed by atoms with E-state index in [4.69, 9.17) is 27.9 Å². The summed E-state index contributed by atoms with van der Waals surface area (Å²) in [6, 6.07) is 13.1. The molecule has 2 atom stereocenters. The van der Waals surface area contributed by atoms with Gasteiger partial charge >= 0.3 is 6.03 Å². The van der Waals surface area contributed by atoms with Crippen LogP contribution in [0.25, 0.3) is 0 Å². The van der Waals surface area contributed by atoms with Crippen molar-refractivity contribution in [1.29, 1.82) is 0 Å². The number of para-hydroxylation sites is 1. The van der Waals surface area contributed by atoms with Gasteiger partial charge in [0.05, 0.1) is 6.54 Å². The second-order valence-corrected chi connectivity index (χ2v) is 7.22. The number of ether oxygens (including phenoxy) is 1. The Morgan fingerprint density at radius 2 is 1.89 bits per heavy atom. The van der Waals surface area contributed by atoms with Gasteiger partial charge < -0.3 is 15.2 Å². The van der Waals surface area contributed by atoms with Gasteiger partial charge in [0, 0.05) is 15.6 Å². The van der Waals surface area contributed by atoms with Crippen molar-refractivity contribution in [1.82, 2.24) is 10.2 Å². The lowest BCUT2D eigenvalue weighted by Gasteiger charge is -2.24. The Morgan fingerprint density at radius 3 is 2.56 bits per heavy atom. The topological polar surface area (TPSA) is 78.9 Å². The normalized spacial score (nSPS) is 20.5. The van der Waals surface area contributed by atoms with Crippen LogP contribution in [-0.2, 0) is 10.3 Å². The summed E-state index contributed by atoms with van der Waals surface area (Å²) < 4.78 is 5.46. The number of halogens is 2. The average Bonchev–Trinajstić information content (AvgIpc) is 2.84. The molecule has 27 heavy (non-hydrogen) atoms. The van der Waals surface area contributed by atoms with Crippen LogP contribution in [0.15, 0.2) is 48.5 Å². The summed E-state index contributed by atoms with van der Waals surface area (Å²) in [6.07, 6.45) is -1.04. The smallest absolute Gasteiger partial charge is 0.325 e. The van der Waals surface area contributed by atoms with Crippen LogP contribution in [0.4, 0.5) is 4.79 Å². The fraction of sp³-hybridized carbons (Fsp3) is 0.263. The van der Waals surface area contributed by atoms with Crippen LogP contribution in [0.1, 0.15) is 12.5 Å². The van der Waals surface area contributed by atoms with Gasteiger partial charge in [-0.3, -0.25) is 9.69 Å². The monoisotopic (exact) mass is 408 g/mol. The van der Waals surface area contributed by atoms with Gasteiger partial charge in [-0.25, -0.2) is 4.79 Å². The van der Waals surface area contributed by atoms with Crippen LogP contribution in [0.2, 0.25) is 10.0 Å². The van der Waals surface area contributed by atoms with Crippen LogP contribution in [-0.4, -0.2) is 41.2 Å². The number of nitrogens with zero attached hydrogens (tertiary/aromatic N) is 1. The van der Waals surface area contributed by atoms with Crippen LogP contribution in [0.5, 0.6) is 5.75 Å². The van der Waals surface area contributed by atoms with E-state index < -0.39 is 23.6 Å². The van der Waals surface area contributed by atoms with E-state index in [1.807, 2.05) is 6.07 Å². The molecule has 0 bridgehead atoms. The number of hydrogen-bond acceptors (Lipinski definition) is 4. The largest absolute Gasteiger partial charge is 0.491 e. The highest BCUT2D eigenvalue weighted by molar-refractivity contribution is 6.35. The molecule has 0 unspecified atom stereocenters. The first-order chi connectivity index (χ1) is 12.8. The van der Waals surface area contributed by atoms with Gasteiger partial charge in [0.25, 0.3) is 5.91 Å². The second-order valence-electron chi connectivity index (χ2n) is 6.37. The molecule has 142 valence electrons. The number of rotatable bonds is 6. The molecule has 2 N–H and O–H groups in total. The van der Waals surface area contributed by atoms with Crippen molar-refractivity contribution >= 4 is 35.1 Å². The standard InChI is InChI=1S/C19H18Cl2N2O4/c1-19(15-8-7-12(20)9-16(15)21)17(25)23(18(26)22-19)10-13(24)11-27-14-5-3-2-4-6-14/h2-9,13,24H,10-11H2,1H3,(H,22,26)/t13-,19-/m1/s1. The van der Waals surface area contributed by atoms with Gasteiger partial charge in [-0.05, 0) is 31.2 Å². The van der Waals surface area contributed by atoms with E-state index in [0.717, 1.165) is 4.90 Å². The number of imide groups is 1. The van der Waals surface area contributed by atoms with Crippen LogP contribution >= 0.6 is 23.2 Å². The summed E-state index contributed by atoms with van der Waals surface area (Å²) in [4.78, 5) is 26.2. The molecule has 3 amide bonds. The number of amides is 3. The number of hydrogen-bond donors (Lipinski definition) is 2. The summed E-state index contributed by atoms with van der Waals surface area (Å²) in [7, 11) is 0. The van der Waals surface area contributed by atoms with E-state index in [-0.39, 0.29) is 18.2 Å². The van der Waals surface area contributed by atoms with E-state index >= 15 is 0 Å². The lowest BCUT2D eigenvalue weighted by Crippen LogP contribution is -2.43. The fourth-order valence-corrected chi connectivity index (χ4v) is 3.51. The molecule has 0 aromatic heterocycles. The van der Waals surface area contributed by atoms with Gasteiger partial charge in [0.15, 0.2) is 0 Å². The van der Waals surface area contributed by atoms with Crippen molar-refractivity contribution in [3.63, 3.8) is 0 Å². The quantitative estimate of drug-likeness (QED) is 0.719. The van der Waals surface area contributed by atoms with Crippen molar-refractivity contribution in [3.8, 4) is 5.75 Å². The molecule has 6 nitrogen and oxygen atoms in total. The van der Waals surface area contributed by atoms with Crippen LogP contribution < -0.4 is 10.1 Å². The highest BCUT2D eigenvalue weighted by Gasteiger charge is 2.50. The molecule has 0 radical (unpaired) electrons. The number of aliphatic hydroxyl groups is 1. The molecule has 1 aliphatic heterocycles. The lowest BCUT2D eigenvalue weighted by atomic mass is 9.92. The molecule has 1 heterocycles. The molecular weight excluding hydrogens is 391 g/mol. The van der Waals surface area contributed by atoms with Crippen molar-refractivity contribution in [2.45, 2.75) is 18.6 Å². The Balaban J connectivity index is 1.70. The zero-order chi connectivity index (χ0) is 19.6. The van der Waals surface area contributed by atoms with Gasteiger partial charge in [-0.15, -0.1) is 0 Å². The zero-order valence-electron chi connectivity index (χ0n) is 14.5. The molecule has 2 aromatic rings. The first kappa shape index (κ1) is 19.5. The molecule has 1 fully saturated rings. The predicted octanol–water partition coefficient (Wildman–Crippen LogP) is 3.20. The Labute approximate surface area is 166 Å². The van der Waals surface area contributed by atoms with Crippen molar-refractivity contribution < 1.29 is 19.4 Å². The molecule has 1 aliphatic rings. The minimum Gasteiger partial charge on any atom is -0.491 e. The van der Waals surface area contributed by atoms with E-state index in [0.29, 0.717) is 16.3 Å². The number of carbonyl (C=O) groups is 2. The van der Waals surface area contributed by atoms with E-state index in [9.17, 15) is 14.7 Å². The number of carbonyl (C=O) groups excluding carboxylic acids is 2. The van der Waals surface area contributed by atoms with Crippen molar-refractivity contribution in [2.24, 2.45) is 0 Å². The van der Waals surface area contributed by atoms with Crippen molar-refractivity contribution in [2.75, 3.05) is 13.2 Å². The molecule has 3 rings (SSSR count). The Hall–Kier alpha value is -2.28. The maximum Gasteiger partial charge on any atom is 0.325 e. The summed E-state index contributed by atoms with van der Waals surface area (Å²) in [6.45, 7) is 1.31. The van der Waals surface area contributed by atoms with E-state index in [2.05, 4.69) is 5.32 Å². The van der Waals surface area contributed by atoms with Crippen molar-refractivity contribution in [3.05, 3.63) is 64.1 Å². The first-order valence-corrected chi connectivity index (χ1v) is 9.02. The first-order valence-electron chi connectivity index (χ1n) is 8.27. The predicted molar refractivity (Wildman–Crippen MR) is 102 cm³/mol. The fourth-order valence-electron chi connectivity index (χ4n) is 2.91. The van der Waals surface area contributed by atoms with Crippen LogP contribution in [0, 0.1) is 0 Å². The Bertz CT molecular complexity index is 862. The summed E-state index contributed by atoms with van der Waals surface area (Å²) in [5, 5.41) is 13.5. The maximum atomic E-state index is 12.9.